The van der Waals surface area contributed by atoms with Gasteiger partial charge in [-0.25, -0.2) is 0 Å². The first kappa shape index (κ1) is 14.8. The van der Waals surface area contributed by atoms with Gasteiger partial charge in [-0.2, -0.15) is 0 Å². The molecule has 0 aromatic heterocycles. The normalized spacial score (nSPS) is 30.9. The molecule has 0 spiro atoms. The molecule has 0 radical (unpaired) electrons. The number of nitrogens with one attached hydrogen (secondary N) is 1. The maximum Gasteiger partial charge on any atom is 0.0124 e. The molecule has 0 bridgehead atoms. The zero-order chi connectivity index (χ0) is 13.6. The van der Waals surface area contributed by atoms with Crippen molar-refractivity contribution in [3.8, 4) is 0 Å². The number of nitrogens with zero attached hydrogens (tertiary/aromatic N) is 1. The smallest absolute Gasteiger partial charge is 0.0124 e. The summed E-state index contributed by atoms with van der Waals surface area (Å²) < 4.78 is 0. The van der Waals surface area contributed by atoms with Crippen molar-refractivity contribution in [3.63, 3.8) is 0 Å². The van der Waals surface area contributed by atoms with Crippen LogP contribution in [0.5, 0.6) is 0 Å². The van der Waals surface area contributed by atoms with Crippen LogP contribution in [0.2, 0.25) is 0 Å². The number of likely N-dealkylation sites (tertiary alicyclic amines) is 1. The van der Waals surface area contributed by atoms with Crippen LogP contribution in [-0.2, 0) is 0 Å². The van der Waals surface area contributed by atoms with E-state index in [0.29, 0.717) is 0 Å². The molecule has 2 nitrogen and oxygen atoms in total. The van der Waals surface area contributed by atoms with Gasteiger partial charge in [0, 0.05) is 25.2 Å². The van der Waals surface area contributed by atoms with Crippen molar-refractivity contribution >= 4 is 0 Å². The third-order valence-corrected chi connectivity index (χ3v) is 6.05. The standard InChI is InChI=1S/C18H34N2/c1-2-4-11-17(10-3-1)19-13-15-20-14-7-12-18(20)16-8-5-6-9-16/h16-19H,1-15H2. The lowest BCUT2D eigenvalue weighted by molar-refractivity contribution is 0.188. The topological polar surface area (TPSA) is 15.3 Å². The second-order valence-electron chi connectivity index (χ2n) is 7.43. The lowest BCUT2D eigenvalue weighted by Crippen LogP contribution is -2.41. The van der Waals surface area contributed by atoms with Crippen molar-refractivity contribution in [1.29, 1.82) is 0 Å². The van der Waals surface area contributed by atoms with Crippen LogP contribution >= 0.6 is 0 Å². The van der Waals surface area contributed by atoms with Crippen molar-refractivity contribution < 1.29 is 0 Å². The molecule has 0 aromatic rings. The molecule has 1 heterocycles. The van der Waals surface area contributed by atoms with Crippen LogP contribution in [0, 0.1) is 5.92 Å². The largest absolute Gasteiger partial charge is 0.313 e. The van der Waals surface area contributed by atoms with Gasteiger partial charge in [0.1, 0.15) is 0 Å². The molecule has 3 fully saturated rings. The summed E-state index contributed by atoms with van der Waals surface area (Å²) in [4.78, 5) is 2.82. The second kappa shape index (κ2) is 7.79. The first-order valence-corrected chi connectivity index (χ1v) is 9.41. The summed E-state index contributed by atoms with van der Waals surface area (Å²) in [6.45, 7) is 3.90. The van der Waals surface area contributed by atoms with Gasteiger partial charge in [-0.1, -0.05) is 38.5 Å². The molecular weight excluding hydrogens is 244 g/mol. The van der Waals surface area contributed by atoms with E-state index in [0.717, 1.165) is 18.0 Å². The molecule has 20 heavy (non-hydrogen) atoms. The zero-order valence-corrected chi connectivity index (χ0v) is 13.3. The first-order valence-electron chi connectivity index (χ1n) is 9.41. The maximum atomic E-state index is 3.86. The summed E-state index contributed by atoms with van der Waals surface area (Å²) in [7, 11) is 0. The second-order valence-corrected chi connectivity index (χ2v) is 7.43. The number of hydrogen-bond donors (Lipinski definition) is 1. The van der Waals surface area contributed by atoms with E-state index >= 15 is 0 Å². The monoisotopic (exact) mass is 278 g/mol. The van der Waals surface area contributed by atoms with Gasteiger partial charge in [-0.3, -0.25) is 4.90 Å². The molecule has 3 aliphatic rings. The molecule has 116 valence electrons. The Morgan fingerprint density at radius 2 is 1.45 bits per heavy atom. The molecular formula is C18H34N2. The molecule has 2 saturated carbocycles. The Balaban J connectivity index is 1.38. The number of rotatable bonds is 5. The van der Waals surface area contributed by atoms with Gasteiger partial charge in [0.15, 0.2) is 0 Å². The molecule has 1 unspecified atom stereocenters. The maximum absolute atomic E-state index is 3.86. The van der Waals surface area contributed by atoms with Crippen LogP contribution in [0.25, 0.3) is 0 Å². The van der Waals surface area contributed by atoms with Gasteiger partial charge < -0.3 is 5.32 Å². The zero-order valence-electron chi connectivity index (χ0n) is 13.3. The van der Waals surface area contributed by atoms with Gasteiger partial charge in [-0.15, -0.1) is 0 Å². The fourth-order valence-corrected chi connectivity index (χ4v) is 4.90. The fraction of sp³-hybridized carbons (Fsp3) is 1.00. The van der Waals surface area contributed by atoms with E-state index in [1.54, 1.807) is 0 Å². The van der Waals surface area contributed by atoms with Gasteiger partial charge in [-0.05, 0) is 51.0 Å². The summed E-state index contributed by atoms with van der Waals surface area (Å²) in [5, 5.41) is 3.86. The molecule has 2 aliphatic carbocycles. The summed E-state index contributed by atoms with van der Waals surface area (Å²) in [5.74, 6) is 1.04. The Kier molecular flexibility index (Phi) is 5.78. The average Bonchev–Trinajstić information content (AvgIpc) is 3.06. The van der Waals surface area contributed by atoms with E-state index in [9.17, 15) is 0 Å². The molecule has 1 saturated heterocycles. The SMILES string of the molecule is C1CCCC(NCCN2CCCC2C2CCCC2)CC1. The highest BCUT2D eigenvalue weighted by Gasteiger charge is 2.32. The van der Waals surface area contributed by atoms with Crippen molar-refractivity contribution in [2.45, 2.75) is 89.1 Å². The summed E-state index contributed by atoms with van der Waals surface area (Å²) >= 11 is 0. The van der Waals surface area contributed by atoms with Gasteiger partial charge in [0.2, 0.25) is 0 Å². The van der Waals surface area contributed by atoms with E-state index < -0.39 is 0 Å². The third-order valence-electron chi connectivity index (χ3n) is 6.05. The molecule has 2 heteroatoms. The minimum atomic E-state index is 0.824. The summed E-state index contributed by atoms with van der Waals surface area (Å²) in [6.07, 6.45) is 17.6. The highest BCUT2D eigenvalue weighted by Crippen LogP contribution is 2.35. The molecule has 1 aliphatic heterocycles. The van der Waals surface area contributed by atoms with Crippen molar-refractivity contribution in [3.05, 3.63) is 0 Å². The quantitative estimate of drug-likeness (QED) is 0.766. The molecule has 0 aromatic carbocycles. The van der Waals surface area contributed by atoms with Gasteiger partial charge in [0.05, 0.1) is 0 Å². The van der Waals surface area contributed by atoms with E-state index in [2.05, 4.69) is 10.2 Å². The highest BCUT2D eigenvalue weighted by molar-refractivity contribution is 4.87. The van der Waals surface area contributed by atoms with Crippen LogP contribution in [0.15, 0.2) is 0 Å². The van der Waals surface area contributed by atoms with E-state index in [1.165, 1.54) is 96.7 Å². The van der Waals surface area contributed by atoms with Crippen LogP contribution in [0.4, 0.5) is 0 Å². The van der Waals surface area contributed by atoms with Crippen LogP contribution in [0.1, 0.15) is 77.0 Å². The Labute approximate surface area is 125 Å². The minimum absolute atomic E-state index is 0.824. The van der Waals surface area contributed by atoms with E-state index in [4.69, 9.17) is 0 Å². The predicted octanol–water partition coefficient (Wildman–Crippen LogP) is 3.95. The minimum Gasteiger partial charge on any atom is -0.313 e. The fourth-order valence-electron chi connectivity index (χ4n) is 4.90. The molecule has 0 amide bonds. The molecule has 3 rings (SSSR count). The van der Waals surface area contributed by atoms with Crippen LogP contribution < -0.4 is 5.32 Å². The highest BCUT2D eigenvalue weighted by atomic mass is 15.2. The van der Waals surface area contributed by atoms with Crippen molar-refractivity contribution in [1.82, 2.24) is 10.2 Å². The first-order chi connectivity index (χ1) is 9.93. The predicted molar refractivity (Wildman–Crippen MR) is 86.0 cm³/mol. The Bertz CT molecular complexity index is 265. The Hall–Kier alpha value is -0.0800. The number of hydrogen-bond acceptors (Lipinski definition) is 2. The lowest BCUT2D eigenvalue weighted by Gasteiger charge is -2.30. The van der Waals surface area contributed by atoms with E-state index in [1.807, 2.05) is 0 Å². The summed E-state index contributed by atoms with van der Waals surface area (Å²) in [5.41, 5.74) is 0. The Morgan fingerprint density at radius 3 is 2.20 bits per heavy atom. The van der Waals surface area contributed by atoms with Gasteiger partial charge in [0.25, 0.3) is 0 Å². The van der Waals surface area contributed by atoms with Gasteiger partial charge >= 0.3 is 0 Å². The summed E-state index contributed by atoms with van der Waals surface area (Å²) in [6, 6.07) is 1.76. The molecule has 1 N–H and O–H groups in total. The van der Waals surface area contributed by atoms with Crippen LogP contribution in [0.3, 0.4) is 0 Å². The van der Waals surface area contributed by atoms with Crippen molar-refractivity contribution in [2.75, 3.05) is 19.6 Å². The third kappa shape index (κ3) is 3.98. The van der Waals surface area contributed by atoms with Crippen LogP contribution in [-0.4, -0.2) is 36.6 Å². The van der Waals surface area contributed by atoms with Crippen molar-refractivity contribution in [2.24, 2.45) is 5.92 Å². The molecule has 1 atom stereocenters. The van der Waals surface area contributed by atoms with E-state index in [-0.39, 0.29) is 0 Å². The average molecular weight is 278 g/mol. The Morgan fingerprint density at radius 1 is 0.750 bits per heavy atom. The lowest BCUT2D eigenvalue weighted by atomic mass is 9.96.